The third-order valence-corrected chi connectivity index (χ3v) is 6.60. The first-order chi connectivity index (χ1) is 9.76. The molecule has 0 amide bonds. The second-order valence-corrected chi connectivity index (χ2v) is 7.37. The van der Waals surface area contributed by atoms with Gasteiger partial charge in [0, 0.05) is 14.0 Å². The molecule has 0 spiro atoms. The molecular formula is C16H16BrNS2. The molecule has 0 radical (unpaired) electrons. The number of hydrogen-bond acceptors (Lipinski definition) is 3. The Kier molecular flexibility index (Phi) is 4.26. The van der Waals surface area contributed by atoms with Gasteiger partial charge in [-0.25, -0.2) is 0 Å². The highest BCUT2D eigenvalue weighted by Gasteiger charge is 2.20. The number of aryl methyl sites for hydroxylation is 1. The molecule has 0 bridgehead atoms. The molecule has 20 heavy (non-hydrogen) atoms. The van der Waals surface area contributed by atoms with Crippen LogP contribution in [-0.2, 0) is 6.42 Å². The average Bonchev–Trinajstić information content (AvgIpc) is 3.08. The molecule has 0 fully saturated rings. The number of fused-ring (bicyclic) bond motifs is 1. The van der Waals surface area contributed by atoms with E-state index >= 15 is 0 Å². The van der Waals surface area contributed by atoms with Crippen LogP contribution in [0.1, 0.15) is 29.0 Å². The van der Waals surface area contributed by atoms with Crippen molar-refractivity contribution in [2.45, 2.75) is 19.4 Å². The van der Waals surface area contributed by atoms with Gasteiger partial charge in [-0.1, -0.05) is 19.1 Å². The normalized spacial score (nSPS) is 12.9. The van der Waals surface area contributed by atoms with Gasteiger partial charge in [-0.05, 0) is 68.8 Å². The summed E-state index contributed by atoms with van der Waals surface area (Å²) in [6.45, 7) is 2.22. The third kappa shape index (κ3) is 2.35. The Labute approximate surface area is 135 Å². The van der Waals surface area contributed by atoms with Gasteiger partial charge < -0.3 is 5.32 Å². The van der Waals surface area contributed by atoms with Gasteiger partial charge in [-0.3, -0.25) is 0 Å². The molecule has 2 aromatic heterocycles. The average molecular weight is 366 g/mol. The van der Waals surface area contributed by atoms with Gasteiger partial charge in [0.2, 0.25) is 0 Å². The fourth-order valence-corrected chi connectivity index (χ4v) is 5.36. The van der Waals surface area contributed by atoms with Gasteiger partial charge >= 0.3 is 0 Å². The first-order valence-corrected chi connectivity index (χ1v) is 9.20. The summed E-state index contributed by atoms with van der Waals surface area (Å²) in [5.41, 5.74) is 2.83. The smallest absolute Gasteiger partial charge is 0.0685 e. The molecule has 1 unspecified atom stereocenters. The second-order valence-electron chi connectivity index (χ2n) is 4.69. The highest BCUT2D eigenvalue weighted by Crippen LogP contribution is 2.39. The zero-order chi connectivity index (χ0) is 14.1. The van der Waals surface area contributed by atoms with E-state index < -0.39 is 0 Å². The van der Waals surface area contributed by atoms with E-state index in [-0.39, 0.29) is 6.04 Å². The van der Waals surface area contributed by atoms with Crippen LogP contribution in [0.2, 0.25) is 0 Å². The molecule has 104 valence electrons. The van der Waals surface area contributed by atoms with Crippen molar-refractivity contribution in [2.24, 2.45) is 0 Å². The largest absolute Gasteiger partial charge is 0.309 e. The molecule has 3 rings (SSSR count). The molecule has 2 heterocycles. The summed E-state index contributed by atoms with van der Waals surface area (Å²) in [5, 5.41) is 9.33. The van der Waals surface area contributed by atoms with Crippen LogP contribution in [0.25, 0.3) is 10.1 Å². The summed E-state index contributed by atoms with van der Waals surface area (Å²) in [6.07, 6.45) is 1.09. The lowest BCUT2D eigenvalue weighted by Crippen LogP contribution is -2.17. The molecule has 1 atom stereocenters. The molecular weight excluding hydrogens is 350 g/mol. The number of benzene rings is 1. The fraction of sp³-hybridized carbons (Fsp3) is 0.250. The molecule has 4 heteroatoms. The van der Waals surface area contributed by atoms with Crippen LogP contribution in [0.15, 0.2) is 39.5 Å². The van der Waals surface area contributed by atoms with E-state index in [4.69, 9.17) is 0 Å². The van der Waals surface area contributed by atoms with E-state index in [0.29, 0.717) is 0 Å². The van der Waals surface area contributed by atoms with Crippen molar-refractivity contribution in [3.63, 3.8) is 0 Å². The van der Waals surface area contributed by atoms with Crippen molar-refractivity contribution in [3.8, 4) is 0 Å². The lowest BCUT2D eigenvalue weighted by Gasteiger charge is -2.16. The lowest BCUT2D eigenvalue weighted by atomic mass is 10.0. The van der Waals surface area contributed by atoms with Crippen molar-refractivity contribution in [1.29, 1.82) is 0 Å². The maximum Gasteiger partial charge on any atom is 0.0685 e. The highest BCUT2D eigenvalue weighted by molar-refractivity contribution is 9.10. The summed E-state index contributed by atoms with van der Waals surface area (Å²) >= 11 is 7.31. The standard InChI is InChI=1S/C16H16BrNS2/c1-3-10-7-8-19-15(10)14(18-2)12-9-20-16-11(12)5-4-6-13(16)17/h4-9,14,18H,3H2,1-2H3. The predicted octanol–water partition coefficient (Wildman–Crippen LogP) is 5.60. The van der Waals surface area contributed by atoms with Crippen LogP contribution < -0.4 is 5.32 Å². The van der Waals surface area contributed by atoms with Gasteiger partial charge in [-0.15, -0.1) is 22.7 Å². The van der Waals surface area contributed by atoms with Gasteiger partial charge in [0.25, 0.3) is 0 Å². The molecule has 1 aromatic carbocycles. The van der Waals surface area contributed by atoms with Crippen LogP contribution in [0.5, 0.6) is 0 Å². The zero-order valence-corrected chi connectivity index (χ0v) is 14.7. The second kappa shape index (κ2) is 5.98. The van der Waals surface area contributed by atoms with E-state index in [1.807, 2.05) is 29.7 Å². The van der Waals surface area contributed by atoms with Gasteiger partial charge in [-0.2, -0.15) is 0 Å². The van der Waals surface area contributed by atoms with Crippen molar-refractivity contribution in [2.75, 3.05) is 7.05 Å². The van der Waals surface area contributed by atoms with Gasteiger partial charge in [0.15, 0.2) is 0 Å². The van der Waals surface area contributed by atoms with Crippen LogP contribution >= 0.6 is 38.6 Å². The monoisotopic (exact) mass is 365 g/mol. The molecule has 0 aliphatic heterocycles. The Bertz CT molecular complexity index is 729. The summed E-state index contributed by atoms with van der Waals surface area (Å²) in [7, 11) is 2.05. The topological polar surface area (TPSA) is 12.0 Å². The van der Waals surface area contributed by atoms with Gasteiger partial charge in [0.05, 0.1) is 6.04 Å². The molecule has 0 saturated carbocycles. The summed E-state index contributed by atoms with van der Waals surface area (Å²) in [6, 6.07) is 8.97. The maximum absolute atomic E-state index is 3.65. The van der Waals surface area contributed by atoms with Crippen molar-refractivity contribution in [1.82, 2.24) is 5.32 Å². The lowest BCUT2D eigenvalue weighted by molar-refractivity contribution is 0.704. The minimum absolute atomic E-state index is 0.285. The maximum atomic E-state index is 3.65. The van der Waals surface area contributed by atoms with Gasteiger partial charge in [0.1, 0.15) is 0 Å². The van der Waals surface area contributed by atoms with E-state index in [0.717, 1.165) is 6.42 Å². The molecule has 0 aliphatic rings. The van der Waals surface area contributed by atoms with E-state index in [9.17, 15) is 0 Å². The van der Waals surface area contributed by atoms with E-state index in [1.54, 1.807) is 0 Å². The SMILES string of the molecule is CCc1ccsc1C(NC)c1csc2c(Br)cccc12. The Hall–Kier alpha value is -0.680. The zero-order valence-electron chi connectivity index (χ0n) is 11.4. The molecule has 0 aliphatic carbocycles. The summed E-state index contributed by atoms with van der Waals surface area (Å²) in [4.78, 5) is 1.44. The Morgan fingerprint density at radius 1 is 1.25 bits per heavy atom. The molecule has 1 nitrogen and oxygen atoms in total. The molecule has 0 saturated heterocycles. The third-order valence-electron chi connectivity index (χ3n) is 3.61. The number of rotatable bonds is 4. The van der Waals surface area contributed by atoms with Crippen LogP contribution in [-0.4, -0.2) is 7.05 Å². The summed E-state index contributed by atoms with van der Waals surface area (Å²) in [5.74, 6) is 0. The van der Waals surface area contributed by atoms with E-state index in [2.05, 4.69) is 63.2 Å². The van der Waals surface area contributed by atoms with E-state index in [1.165, 1.54) is 30.6 Å². The number of hydrogen-bond donors (Lipinski definition) is 1. The first-order valence-electron chi connectivity index (χ1n) is 6.65. The Balaban J connectivity index is 2.15. The predicted molar refractivity (Wildman–Crippen MR) is 94.1 cm³/mol. The minimum atomic E-state index is 0.285. The quantitative estimate of drug-likeness (QED) is 0.634. The molecule has 1 N–H and O–H groups in total. The number of thiophene rings is 2. The number of nitrogens with one attached hydrogen (secondary N) is 1. The van der Waals surface area contributed by atoms with Crippen LogP contribution in [0, 0.1) is 0 Å². The summed E-state index contributed by atoms with van der Waals surface area (Å²) < 4.78 is 2.51. The first kappa shape index (κ1) is 14.3. The minimum Gasteiger partial charge on any atom is -0.309 e. The molecule has 3 aromatic rings. The Morgan fingerprint density at radius 3 is 2.85 bits per heavy atom. The van der Waals surface area contributed by atoms with Crippen LogP contribution in [0.3, 0.4) is 0 Å². The van der Waals surface area contributed by atoms with Crippen molar-refractivity contribution in [3.05, 3.63) is 55.5 Å². The Morgan fingerprint density at radius 2 is 2.10 bits per heavy atom. The fourth-order valence-electron chi connectivity index (χ4n) is 2.59. The number of halogens is 1. The van der Waals surface area contributed by atoms with Crippen molar-refractivity contribution < 1.29 is 0 Å². The highest BCUT2D eigenvalue weighted by atomic mass is 79.9. The van der Waals surface area contributed by atoms with Crippen molar-refractivity contribution >= 4 is 48.7 Å². The van der Waals surface area contributed by atoms with Crippen LogP contribution in [0.4, 0.5) is 0 Å².